The number of aromatic amines is 1. The van der Waals surface area contributed by atoms with Crippen molar-refractivity contribution in [1.82, 2.24) is 9.78 Å². The van der Waals surface area contributed by atoms with E-state index in [0.717, 1.165) is 0 Å². The summed E-state index contributed by atoms with van der Waals surface area (Å²) in [6.07, 6.45) is 1.66. The Morgan fingerprint density at radius 1 is 0.964 bits per heavy atom. The molecule has 0 aliphatic carbocycles. The Balaban J connectivity index is 1.76. The molecule has 0 bridgehead atoms. The molecule has 3 aromatic carbocycles. The maximum atomic E-state index is 14.2. The minimum atomic E-state index is -0.480. The molecule has 0 saturated carbocycles. The number of halogens is 1. The first kappa shape index (κ1) is 17.5. The fourth-order valence-electron chi connectivity index (χ4n) is 2.87. The number of aromatic nitrogens is 2. The van der Waals surface area contributed by atoms with Crippen LogP contribution in [-0.4, -0.2) is 9.78 Å². The molecule has 0 radical (unpaired) electrons. The van der Waals surface area contributed by atoms with E-state index in [1.54, 1.807) is 30.3 Å². The molecular weight excluding hydrogens is 355 g/mol. The molecular formula is C23H17FN2O2. The normalized spacial score (nSPS) is 11.5. The van der Waals surface area contributed by atoms with Gasteiger partial charge in [0.2, 0.25) is 0 Å². The Morgan fingerprint density at radius 3 is 2.36 bits per heavy atom. The van der Waals surface area contributed by atoms with Gasteiger partial charge >= 0.3 is 0 Å². The SMILES string of the molecule is C=c1[nH]n(-c2ccccc2)c(=O)c1=Cc1ccc(F)c(Oc2ccccc2)c1. The predicted molar refractivity (Wildman–Crippen MR) is 108 cm³/mol. The van der Waals surface area contributed by atoms with Crippen LogP contribution in [0.25, 0.3) is 18.3 Å². The van der Waals surface area contributed by atoms with Gasteiger partial charge in [-0.1, -0.05) is 49.0 Å². The van der Waals surface area contributed by atoms with Gasteiger partial charge in [0, 0.05) is 0 Å². The molecule has 28 heavy (non-hydrogen) atoms. The summed E-state index contributed by atoms with van der Waals surface area (Å²) in [6, 6.07) is 22.6. The third kappa shape index (κ3) is 3.50. The average Bonchev–Trinajstić information content (AvgIpc) is 3.00. The number of hydrogen-bond donors (Lipinski definition) is 1. The van der Waals surface area contributed by atoms with E-state index >= 15 is 0 Å². The first-order valence-corrected chi connectivity index (χ1v) is 8.71. The Bertz CT molecular complexity index is 1280. The van der Waals surface area contributed by atoms with Gasteiger partial charge in [0.15, 0.2) is 11.6 Å². The van der Waals surface area contributed by atoms with E-state index in [2.05, 4.69) is 11.7 Å². The van der Waals surface area contributed by atoms with Crippen LogP contribution in [-0.2, 0) is 0 Å². The monoisotopic (exact) mass is 372 g/mol. The first-order chi connectivity index (χ1) is 13.6. The van der Waals surface area contributed by atoms with Crippen molar-refractivity contribution in [2.75, 3.05) is 0 Å². The van der Waals surface area contributed by atoms with Crippen LogP contribution in [0, 0.1) is 5.82 Å². The van der Waals surface area contributed by atoms with Crippen molar-refractivity contribution in [3.63, 3.8) is 0 Å². The summed E-state index contributed by atoms with van der Waals surface area (Å²) in [4.78, 5) is 12.8. The summed E-state index contributed by atoms with van der Waals surface area (Å²) in [6.45, 7) is 3.92. The second kappa shape index (κ2) is 7.40. The van der Waals surface area contributed by atoms with Crippen molar-refractivity contribution >= 4 is 12.7 Å². The molecule has 4 rings (SSSR count). The number of H-pyrrole nitrogens is 1. The molecule has 138 valence electrons. The Kier molecular flexibility index (Phi) is 4.64. The van der Waals surface area contributed by atoms with Crippen LogP contribution in [0.4, 0.5) is 4.39 Å². The third-order valence-electron chi connectivity index (χ3n) is 4.26. The molecule has 1 aromatic heterocycles. The highest BCUT2D eigenvalue weighted by Crippen LogP contribution is 2.25. The Morgan fingerprint density at radius 2 is 1.64 bits per heavy atom. The van der Waals surface area contributed by atoms with Gasteiger partial charge in [0.05, 0.1) is 16.3 Å². The van der Waals surface area contributed by atoms with E-state index in [1.807, 2.05) is 48.5 Å². The molecule has 0 atom stereocenters. The molecule has 1 heterocycles. The summed E-state index contributed by atoms with van der Waals surface area (Å²) in [5, 5.41) is 3.85. The lowest BCUT2D eigenvalue weighted by atomic mass is 10.1. The lowest BCUT2D eigenvalue weighted by Crippen LogP contribution is -2.33. The van der Waals surface area contributed by atoms with Crippen LogP contribution in [0.5, 0.6) is 11.5 Å². The molecule has 0 fully saturated rings. The zero-order valence-corrected chi connectivity index (χ0v) is 14.9. The summed E-state index contributed by atoms with van der Waals surface area (Å²) < 4.78 is 21.2. The highest BCUT2D eigenvalue weighted by molar-refractivity contribution is 5.53. The summed E-state index contributed by atoms with van der Waals surface area (Å²) >= 11 is 0. The fourth-order valence-corrected chi connectivity index (χ4v) is 2.87. The smallest absolute Gasteiger partial charge is 0.279 e. The van der Waals surface area contributed by atoms with E-state index in [-0.39, 0.29) is 11.3 Å². The van der Waals surface area contributed by atoms with Crippen LogP contribution >= 0.6 is 0 Å². The van der Waals surface area contributed by atoms with Gasteiger partial charge in [-0.15, -0.1) is 0 Å². The third-order valence-corrected chi connectivity index (χ3v) is 4.26. The minimum Gasteiger partial charge on any atom is -0.454 e. The molecule has 4 nitrogen and oxygen atoms in total. The van der Waals surface area contributed by atoms with E-state index in [0.29, 0.717) is 27.6 Å². The van der Waals surface area contributed by atoms with Gasteiger partial charge in [-0.2, -0.15) is 0 Å². The van der Waals surface area contributed by atoms with Crippen molar-refractivity contribution in [2.24, 2.45) is 0 Å². The van der Waals surface area contributed by atoms with Crippen molar-refractivity contribution in [2.45, 2.75) is 0 Å². The van der Waals surface area contributed by atoms with Crippen molar-refractivity contribution in [1.29, 1.82) is 0 Å². The summed E-state index contributed by atoms with van der Waals surface area (Å²) in [5.74, 6) is 0.139. The van der Waals surface area contributed by atoms with Gasteiger partial charge in [0.1, 0.15) is 5.75 Å². The number of nitrogens with zero attached hydrogens (tertiary/aromatic N) is 1. The Hall–Kier alpha value is -3.86. The number of nitrogens with one attached hydrogen (secondary N) is 1. The molecule has 5 heteroatoms. The maximum absolute atomic E-state index is 14.2. The zero-order valence-electron chi connectivity index (χ0n) is 14.9. The summed E-state index contributed by atoms with van der Waals surface area (Å²) in [7, 11) is 0. The largest absolute Gasteiger partial charge is 0.454 e. The lowest BCUT2D eigenvalue weighted by molar-refractivity contribution is 0.442. The maximum Gasteiger partial charge on any atom is 0.279 e. The molecule has 1 N–H and O–H groups in total. The molecule has 4 aromatic rings. The van der Waals surface area contributed by atoms with E-state index in [1.165, 1.54) is 10.7 Å². The average molecular weight is 372 g/mol. The fraction of sp³-hybridized carbons (Fsp3) is 0. The van der Waals surface area contributed by atoms with Gasteiger partial charge < -0.3 is 4.74 Å². The van der Waals surface area contributed by atoms with Gasteiger partial charge in [0.25, 0.3) is 5.56 Å². The predicted octanol–water partition coefficient (Wildman–Crippen LogP) is 3.34. The number of para-hydroxylation sites is 2. The highest BCUT2D eigenvalue weighted by atomic mass is 19.1. The number of rotatable bonds is 4. The van der Waals surface area contributed by atoms with Crippen LogP contribution in [0.1, 0.15) is 5.56 Å². The molecule has 0 aliphatic rings. The standard InChI is InChI=1S/C23H17FN2O2/c1-16-20(23(27)26(25-16)18-8-4-2-5-9-18)14-17-12-13-21(24)22(15-17)28-19-10-6-3-7-11-19/h2-15,25H,1H2. The van der Waals surface area contributed by atoms with Crippen molar-refractivity contribution in [3.05, 3.63) is 111 Å². The quantitative estimate of drug-likeness (QED) is 0.597. The topological polar surface area (TPSA) is 47.0 Å². The zero-order chi connectivity index (χ0) is 19.5. The molecule has 0 saturated heterocycles. The van der Waals surface area contributed by atoms with Crippen molar-refractivity contribution in [3.8, 4) is 17.2 Å². The summed E-state index contributed by atoms with van der Waals surface area (Å²) in [5.41, 5.74) is 1.11. The minimum absolute atomic E-state index is 0.0875. The second-order valence-corrected chi connectivity index (χ2v) is 6.23. The lowest BCUT2D eigenvalue weighted by Gasteiger charge is -2.07. The molecule has 0 aliphatic heterocycles. The van der Waals surface area contributed by atoms with Crippen LogP contribution in [0.3, 0.4) is 0 Å². The van der Waals surface area contributed by atoms with Crippen molar-refractivity contribution < 1.29 is 9.13 Å². The van der Waals surface area contributed by atoms with E-state index in [4.69, 9.17) is 4.74 Å². The van der Waals surface area contributed by atoms with E-state index < -0.39 is 5.82 Å². The number of hydrogen-bond acceptors (Lipinski definition) is 2. The highest BCUT2D eigenvalue weighted by Gasteiger charge is 2.08. The molecule has 0 amide bonds. The molecule has 0 spiro atoms. The van der Waals surface area contributed by atoms with Gasteiger partial charge in [-0.05, 0) is 48.0 Å². The van der Waals surface area contributed by atoms with Gasteiger partial charge in [-0.3, -0.25) is 9.89 Å². The second-order valence-electron chi connectivity index (χ2n) is 6.23. The molecule has 0 unspecified atom stereocenters. The van der Waals surface area contributed by atoms with E-state index in [9.17, 15) is 9.18 Å². The van der Waals surface area contributed by atoms with Crippen LogP contribution in [0.15, 0.2) is 83.7 Å². The Labute approximate surface area is 160 Å². The first-order valence-electron chi connectivity index (χ1n) is 8.71. The van der Waals surface area contributed by atoms with Crippen LogP contribution in [0.2, 0.25) is 0 Å². The van der Waals surface area contributed by atoms with Crippen LogP contribution < -0.4 is 20.9 Å². The number of ether oxygens (including phenoxy) is 1. The van der Waals surface area contributed by atoms with Gasteiger partial charge in [-0.25, -0.2) is 9.07 Å². The number of benzene rings is 3.